The summed E-state index contributed by atoms with van der Waals surface area (Å²) in [5, 5.41) is 21.8. The largest absolute Gasteiger partial charge is 0.478 e. The Balaban J connectivity index is 1.58. The third-order valence-electron chi connectivity index (χ3n) is 5.26. The van der Waals surface area contributed by atoms with Gasteiger partial charge < -0.3 is 15.2 Å². The molecule has 3 aromatic rings. The zero-order chi connectivity index (χ0) is 20.5. The van der Waals surface area contributed by atoms with Gasteiger partial charge in [-0.2, -0.15) is 5.26 Å². The lowest BCUT2D eigenvalue weighted by Crippen LogP contribution is -2.10. The van der Waals surface area contributed by atoms with Gasteiger partial charge in [0.15, 0.2) is 11.5 Å². The van der Waals surface area contributed by atoms with Crippen molar-refractivity contribution >= 4 is 17.3 Å². The van der Waals surface area contributed by atoms with Crippen LogP contribution in [0.1, 0.15) is 38.2 Å². The quantitative estimate of drug-likeness (QED) is 0.485. The molecule has 144 valence electrons. The van der Waals surface area contributed by atoms with Gasteiger partial charge in [0.2, 0.25) is 0 Å². The van der Waals surface area contributed by atoms with E-state index in [2.05, 4.69) is 37.4 Å². The van der Waals surface area contributed by atoms with E-state index < -0.39 is 5.97 Å². The molecule has 0 fully saturated rings. The average Bonchev–Trinajstić information content (AvgIpc) is 2.72. The highest BCUT2D eigenvalue weighted by Crippen LogP contribution is 2.44. The first kappa shape index (κ1) is 18.6. The fourth-order valence-corrected chi connectivity index (χ4v) is 3.47. The summed E-state index contributed by atoms with van der Waals surface area (Å²) in [6, 6.07) is 17.3. The van der Waals surface area contributed by atoms with E-state index in [0.717, 1.165) is 18.4 Å². The summed E-state index contributed by atoms with van der Waals surface area (Å²) in [4.78, 5) is 11.6. The Morgan fingerprint density at radius 2 is 1.72 bits per heavy atom. The number of aromatic carboxylic acids is 1. The number of benzene rings is 3. The molecule has 0 bridgehead atoms. The van der Waals surface area contributed by atoms with Crippen molar-refractivity contribution in [1.82, 2.24) is 0 Å². The molecule has 29 heavy (non-hydrogen) atoms. The van der Waals surface area contributed by atoms with Gasteiger partial charge in [0, 0.05) is 6.07 Å². The molecule has 0 radical (unpaired) electrons. The van der Waals surface area contributed by atoms with Crippen LogP contribution in [0.15, 0.2) is 48.5 Å². The Labute approximate surface area is 169 Å². The number of ether oxygens (including phenoxy) is 1. The number of carboxylic acid groups (broad SMARTS) is 1. The highest BCUT2D eigenvalue weighted by atomic mass is 16.5. The van der Waals surface area contributed by atoms with Crippen molar-refractivity contribution in [2.75, 3.05) is 5.32 Å². The molecule has 0 spiro atoms. The Bertz CT molecular complexity index is 1180. The fraction of sp³-hybridized carbons (Fsp3) is 0.167. The van der Waals surface area contributed by atoms with E-state index in [-0.39, 0.29) is 11.1 Å². The van der Waals surface area contributed by atoms with Gasteiger partial charge in [-0.05, 0) is 67.1 Å². The molecule has 0 aromatic heterocycles. The molecule has 1 aliphatic rings. The number of carbonyl (C=O) groups is 1. The topological polar surface area (TPSA) is 82.3 Å². The van der Waals surface area contributed by atoms with Crippen molar-refractivity contribution in [3.63, 3.8) is 0 Å². The maximum absolute atomic E-state index is 11.6. The molecule has 0 atom stereocenters. The smallest absolute Gasteiger partial charge is 0.338 e. The number of hydrogen-bond acceptors (Lipinski definition) is 4. The third kappa shape index (κ3) is 3.65. The van der Waals surface area contributed by atoms with Crippen LogP contribution in [0.2, 0.25) is 0 Å². The number of aryl methyl sites for hydroxylation is 4. The van der Waals surface area contributed by atoms with Crippen LogP contribution in [-0.4, -0.2) is 11.1 Å². The number of rotatable bonds is 4. The minimum atomic E-state index is -1.11. The summed E-state index contributed by atoms with van der Waals surface area (Å²) in [6.07, 6.45) is 1.79. The number of nitriles is 1. The van der Waals surface area contributed by atoms with Crippen molar-refractivity contribution in [2.45, 2.75) is 26.7 Å². The van der Waals surface area contributed by atoms with Gasteiger partial charge in [0.05, 0.1) is 28.6 Å². The number of nitrogens with one attached hydrogen (secondary N) is 1. The van der Waals surface area contributed by atoms with Gasteiger partial charge in [0.1, 0.15) is 0 Å². The van der Waals surface area contributed by atoms with Crippen LogP contribution in [0.25, 0.3) is 0 Å². The second-order valence-electron chi connectivity index (χ2n) is 7.29. The van der Waals surface area contributed by atoms with Crippen LogP contribution >= 0.6 is 0 Å². The molecule has 0 saturated carbocycles. The molecular weight excluding hydrogens is 364 g/mol. The van der Waals surface area contributed by atoms with Crippen molar-refractivity contribution in [3.8, 4) is 17.6 Å². The average molecular weight is 384 g/mol. The Morgan fingerprint density at radius 3 is 2.41 bits per heavy atom. The maximum Gasteiger partial charge on any atom is 0.338 e. The molecule has 4 rings (SSSR count). The first-order valence-electron chi connectivity index (χ1n) is 9.40. The third-order valence-corrected chi connectivity index (χ3v) is 5.26. The van der Waals surface area contributed by atoms with Gasteiger partial charge in [-0.25, -0.2) is 4.79 Å². The number of hydrogen-bond donors (Lipinski definition) is 2. The molecule has 3 aromatic carbocycles. The van der Waals surface area contributed by atoms with Crippen molar-refractivity contribution in [3.05, 3.63) is 81.9 Å². The molecule has 0 saturated heterocycles. The number of carboxylic acids is 1. The highest BCUT2D eigenvalue weighted by Gasteiger charge is 2.24. The van der Waals surface area contributed by atoms with E-state index in [4.69, 9.17) is 4.74 Å². The molecule has 1 aliphatic heterocycles. The molecule has 5 heteroatoms. The van der Waals surface area contributed by atoms with E-state index in [0.29, 0.717) is 22.9 Å². The predicted molar refractivity (Wildman–Crippen MR) is 111 cm³/mol. The normalized spacial score (nSPS) is 11.5. The van der Waals surface area contributed by atoms with Gasteiger partial charge in [-0.1, -0.05) is 24.3 Å². The molecule has 1 heterocycles. The SMILES string of the molecule is Cc1ccc(CCc2ccc3c(c2)Oc2cc(C#N)cc(C(=O)O)c2N3)cc1C. The first-order chi connectivity index (χ1) is 13.9. The monoisotopic (exact) mass is 384 g/mol. The van der Waals surface area contributed by atoms with Gasteiger partial charge in [-0.3, -0.25) is 0 Å². The highest BCUT2D eigenvalue weighted by molar-refractivity contribution is 5.99. The Hall–Kier alpha value is -3.78. The van der Waals surface area contributed by atoms with E-state index in [1.54, 1.807) is 6.07 Å². The van der Waals surface area contributed by atoms with Crippen LogP contribution in [-0.2, 0) is 12.8 Å². The van der Waals surface area contributed by atoms with Crippen LogP contribution < -0.4 is 10.1 Å². The second kappa shape index (κ2) is 7.33. The van der Waals surface area contributed by atoms with Gasteiger partial charge in [-0.15, -0.1) is 0 Å². The van der Waals surface area contributed by atoms with Crippen molar-refractivity contribution in [2.24, 2.45) is 0 Å². The molecule has 0 aliphatic carbocycles. The summed E-state index contributed by atoms with van der Waals surface area (Å²) in [5.74, 6) is -0.135. The molecular formula is C24H20N2O3. The maximum atomic E-state index is 11.6. The fourth-order valence-electron chi connectivity index (χ4n) is 3.47. The van der Waals surface area contributed by atoms with Gasteiger partial charge in [0.25, 0.3) is 0 Å². The van der Waals surface area contributed by atoms with E-state index in [1.807, 2.05) is 24.3 Å². The lowest BCUT2D eigenvalue weighted by Gasteiger charge is -2.24. The lowest BCUT2D eigenvalue weighted by atomic mass is 10.00. The molecule has 2 N–H and O–H groups in total. The minimum absolute atomic E-state index is 0.0171. The zero-order valence-corrected chi connectivity index (χ0v) is 16.2. The summed E-state index contributed by atoms with van der Waals surface area (Å²) < 4.78 is 5.96. The van der Waals surface area contributed by atoms with Crippen LogP contribution in [0.3, 0.4) is 0 Å². The van der Waals surface area contributed by atoms with Crippen LogP contribution in [0.4, 0.5) is 11.4 Å². The van der Waals surface area contributed by atoms with E-state index in [9.17, 15) is 15.2 Å². The van der Waals surface area contributed by atoms with Crippen LogP contribution in [0.5, 0.6) is 11.5 Å². The Kier molecular flexibility index (Phi) is 4.69. The lowest BCUT2D eigenvalue weighted by molar-refractivity contribution is 0.0697. The summed E-state index contributed by atoms with van der Waals surface area (Å²) in [6.45, 7) is 4.23. The number of nitrogens with zero attached hydrogens (tertiary/aromatic N) is 1. The van der Waals surface area contributed by atoms with E-state index >= 15 is 0 Å². The summed E-state index contributed by atoms with van der Waals surface area (Å²) in [5.41, 5.74) is 6.34. The minimum Gasteiger partial charge on any atom is -0.478 e. The molecule has 0 unspecified atom stereocenters. The zero-order valence-electron chi connectivity index (χ0n) is 16.2. The summed E-state index contributed by atoms with van der Waals surface area (Å²) in [7, 11) is 0. The van der Waals surface area contributed by atoms with Crippen LogP contribution in [0, 0.1) is 25.2 Å². The standard InChI is InChI=1S/C24H20N2O3/c1-14-3-4-16(9-15(14)2)5-6-17-7-8-20-21(11-17)29-22-12-18(13-25)10-19(24(27)28)23(22)26-20/h3-4,7-12,26H,5-6H2,1-2H3,(H,27,28). The molecule has 0 amide bonds. The first-order valence-corrected chi connectivity index (χ1v) is 9.40. The second-order valence-corrected chi connectivity index (χ2v) is 7.29. The predicted octanol–water partition coefficient (Wildman–Crippen LogP) is 5.51. The Morgan fingerprint density at radius 1 is 1.00 bits per heavy atom. The summed E-state index contributed by atoms with van der Waals surface area (Å²) >= 11 is 0. The van der Waals surface area contributed by atoms with Crippen molar-refractivity contribution in [1.29, 1.82) is 5.26 Å². The number of fused-ring (bicyclic) bond motifs is 2. The molecule has 5 nitrogen and oxygen atoms in total. The number of anilines is 2. The van der Waals surface area contributed by atoms with Gasteiger partial charge >= 0.3 is 5.97 Å². The van der Waals surface area contributed by atoms with Crippen molar-refractivity contribution < 1.29 is 14.6 Å². The van der Waals surface area contributed by atoms with E-state index in [1.165, 1.54) is 22.8 Å².